The van der Waals surface area contributed by atoms with Crippen LogP contribution in [0.3, 0.4) is 0 Å². The average molecular weight is 424 g/mol. The largest absolute Gasteiger partial charge is 0.321 e. The van der Waals surface area contributed by atoms with Crippen LogP contribution in [-0.2, 0) is 17.8 Å². The van der Waals surface area contributed by atoms with Crippen molar-refractivity contribution < 1.29 is 14.4 Å². The van der Waals surface area contributed by atoms with Gasteiger partial charge in [0.05, 0.1) is 17.3 Å². The molecule has 3 amide bonds. The van der Waals surface area contributed by atoms with E-state index in [1.54, 1.807) is 29.6 Å². The van der Waals surface area contributed by atoms with Gasteiger partial charge < -0.3 is 5.32 Å². The zero-order valence-electron chi connectivity index (χ0n) is 15.3. The van der Waals surface area contributed by atoms with Crippen LogP contribution in [0.2, 0.25) is 0 Å². The molecule has 1 fully saturated rings. The number of benzene rings is 2. The van der Waals surface area contributed by atoms with Crippen LogP contribution in [0.5, 0.6) is 0 Å². The van der Waals surface area contributed by atoms with E-state index in [0.717, 1.165) is 27.9 Å². The molecule has 146 valence electrons. The van der Waals surface area contributed by atoms with Crippen molar-refractivity contribution in [3.63, 3.8) is 0 Å². The number of carbonyl (C=O) groups excluding carboxylic acids is 3. The van der Waals surface area contributed by atoms with Gasteiger partial charge >= 0.3 is 0 Å². The van der Waals surface area contributed by atoms with Gasteiger partial charge in [0.1, 0.15) is 5.69 Å². The lowest BCUT2D eigenvalue weighted by atomic mass is 10.2. The molecule has 6 nitrogen and oxygen atoms in total. The van der Waals surface area contributed by atoms with Gasteiger partial charge in [-0.3, -0.25) is 19.3 Å². The van der Waals surface area contributed by atoms with Gasteiger partial charge in [-0.1, -0.05) is 54.2 Å². The summed E-state index contributed by atoms with van der Waals surface area (Å²) in [5.74, 6) is -0.241. The Kier molecular flexibility index (Phi) is 5.73. The SMILES string of the molecule is O=C(Nc1ccc(CN2C(=O)CSC2=O)cc1)c1csc(Cc2ccccc2)n1. The van der Waals surface area contributed by atoms with E-state index in [9.17, 15) is 14.4 Å². The molecule has 0 aliphatic carbocycles. The second-order valence-electron chi connectivity index (χ2n) is 6.47. The molecule has 29 heavy (non-hydrogen) atoms. The van der Waals surface area contributed by atoms with Crippen LogP contribution in [0, 0.1) is 0 Å². The van der Waals surface area contributed by atoms with Gasteiger partial charge in [0, 0.05) is 17.5 Å². The molecule has 0 saturated carbocycles. The molecule has 1 N–H and O–H groups in total. The summed E-state index contributed by atoms with van der Waals surface area (Å²) in [5, 5.41) is 5.25. The zero-order chi connectivity index (χ0) is 20.2. The van der Waals surface area contributed by atoms with Crippen molar-refractivity contribution in [1.82, 2.24) is 9.88 Å². The number of amides is 3. The van der Waals surface area contributed by atoms with Gasteiger partial charge in [0.25, 0.3) is 11.1 Å². The highest BCUT2D eigenvalue weighted by atomic mass is 32.2. The number of thioether (sulfide) groups is 1. The van der Waals surface area contributed by atoms with E-state index < -0.39 is 0 Å². The number of aromatic nitrogens is 1. The Labute approximate surface area is 176 Å². The first-order valence-corrected chi connectivity index (χ1v) is 10.8. The summed E-state index contributed by atoms with van der Waals surface area (Å²) in [6, 6.07) is 17.1. The highest BCUT2D eigenvalue weighted by Gasteiger charge is 2.29. The Morgan fingerprint density at radius 3 is 2.48 bits per heavy atom. The first-order valence-electron chi connectivity index (χ1n) is 8.94. The third kappa shape index (κ3) is 4.72. The van der Waals surface area contributed by atoms with Gasteiger partial charge in [0.2, 0.25) is 5.91 Å². The number of thiazole rings is 1. The van der Waals surface area contributed by atoms with E-state index in [4.69, 9.17) is 0 Å². The lowest BCUT2D eigenvalue weighted by Gasteiger charge is -2.13. The Balaban J connectivity index is 1.36. The van der Waals surface area contributed by atoms with Crippen LogP contribution in [0.25, 0.3) is 0 Å². The summed E-state index contributed by atoms with van der Waals surface area (Å²) in [6.45, 7) is 0.244. The fourth-order valence-corrected chi connectivity index (χ4v) is 4.41. The quantitative estimate of drug-likeness (QED) is 0.643. The summed E-state index contributed by atoms with van der Waals surface area (Å²) in [6.07, 6.45) is 0.694. The van der Waals surface area contributed by atoms with Crippen LogP contribution >= 0.6 is 23.1 Å². The van der Waals surface area contributed by atoms with Gasteiger partial charge in [-0.25, -0.2) is 4.98 Å². The Morgan fingerprint density at radius 1 is 1.03 bits per heavy atom. The highest BCUT2D eigenvalue weighted by Crippen LogP contribution is 2.22. The van der Waals surface area contributed by atoms with Crippen LogP contribution in [0.15, 0.2) is 60.0 Å². The first-order chi connectivity index (χ1) is 14.1. The molecular weight excluding hydrogens is 406 g/mol. The molecule has 0 unspecified atom stereocenters. The van der Waals surface area contributed by atoms with Crippen LogP contribution in [-0.4, -0.2) is 32.7 Å². The number of nitrogens with one attached hydrogen (secondary N) is 1. The zero-order valence-corrected chi connectivity index (χ0v) is 17.0. The predicted octanol–water partition coefficient (Wildman–Crippen LogP) is 4.18. The summed E-state index contributed by atoms with van der Waals surface area (Å²) < 4.78 is 0. The summed E-state index contributed by atoms with van der Waals surface area (Å²) in [4.78, 5) is 41.5. The summed E-state index contributed by atoms with van der Waals surface area (Å²) in [5.41, 5.74) is 2.99. The minimum Gasteiger partial charge on any atom is -0.321 e. The Hall–Kier alpha value is -2.97. The van der Waals surface area contributed by atoms with E-state index >= 15 is 0 Å². The topological polar surface area (TPSA) is 79.4 Å². The fourth-order valence-electron chi connectivity index (χ4n) is 2.87. The van der Waals surface area contributed by atoms with Crippen molar-refractivity contribution >= 4 is 45.8 Å². The fraction of sp³-hybridized carbons (Fsp3) is 0.143. The van der Waals surface area contributed by atoms with Crippen molar-refractivity contribution in [3.05, 3.63) is 81.8 Å². The van der Waals surface area contributed by atoms with Crippen LogP contribution < -0.4 is 5.32 Å². The standard InChI is InChI=1S/C21H17N3O3S2/c25-19-13-29-21(27)24(19)11-15-6-8-16(9-7-15)22-20(26)17-12-28-18(23-17)10-14-4-2-1-3-5-14/h1-9,12H,10-11,13H2,(H,22,26). The number of hydrogen-bond donors (Lipinski definition) is 1. The smallest absolute Gasteiger partial charge is 0.289 e. The van der Waals surface area contributed by atoms with Crippen molar-refractivity contribution in [1.29, 1.82) is 0 Å². The molecule has 0 bridgehead atoms. The molecule has 3 aromatic rings. The molecular formula is C21H17N3O3S2. The molecule has 2 aromatic carbocycles. The Morgan fingerprint density at radius 2 is 1.79 bits per heavy atom. The molecule has 8 heteroatoms. The minimum absolute atomic E-state index is 0.174. The van der Waals surface area contributed by atoms with Gasteiger partial charge in [-0.15, -0.1) is 11.3 Å². The second-order valence-corrected chi connectivity index (χ2v) is 8.34. The molecule has 4 rings (SSSR count). The van der Waals surface area contributed by atoms with E-state index in [-0.39, 0.29) is 29.4 Å². The second kappa shape index (κ2) is 8.59. The summed E-state index contributed by atoms with van der Waals surface area (Å²) in [7, 11) is 0. The maximum Gasteiger partial charge on any atom is 0.289 e. The molecule has 1 aromatic heterocycles. The van der Waals surface area contributed by atoms with E-state index in [0.29, 0.717) is 17.8 Å². The maximum atomic E-state index is 12.5. The molecule has 1 aliphatic heterocycles. The predicted molar refractivity (Wildman–Crippen MR) is 114 cm³/mol. The van der Waals surface area contributed by atoms with E-state index in [1.807, 2.05) is 30.3 Å². The van der Waals surface area contributed by atoms with Crippen molar-refractivity contribution in [2.75, 3.05) is 11.1 Å². The number of anilines is 1. The minimum atomic E-state index is -0.269. The van der Waals surface area contributed by atoms with Gasteiger partial charge in [-0.05, 0) is 23.3 Å². The molecule has 1 aliphatic rings. The Bertz CT molecular complexity index is 1030. The molecule has 2 heterocycles. The highest BCUT2D eigenvalue weighted by molar-refractivity contribution is 8.14. The van der Waals surface area contributed by atoms with Crippen molar-refractivity contribution in [3.8, 4) is 0 Å². The number of imide groups is 1. The molecule has 1 saturated heterocycles. The number of carbonyl (C=O) groups is 3. The van der Waals surface area contributed by atoms with Gasteiger partial charge in [-0.2, -0.15) is 0 Å². The normalized spacial score (nSPS) is 13.7. The maximum absolute atomic E-state index is 12.5. The monoisotopic (exact) mass is 423 g/mol. The number of hydrogen-bond acceptors (Lipinski definition) is 6. The average Bonchev–Trinajstić information content (AvgIpc) is 3.32. The van der Waals surface area contributed by atoms with Crippen molar-refractivity contribution in [2.45, 2.75) is 13.0 Å². The molecule has 0 atom stereocenters. The summed E-state index contributed by atoms with van der Waals surface area (Å²) >= 11 is 2.48. The first kappa shape index (κ1) is 19.4. The van der Waals surface area contributed by atoms with Crippen molar-refractivity contribution in [2.24, 2.45) is 0 Å². The third-order valence-corrected chi connectivity index (χ3v) is 6.08. The lowest BCUT2D eigenvalue weighted by Crippen LogP contribution is -2.27. The van der Waals surface area contributed by atoms with Gasteiger partial charge in [0.15, 0.2) is 0 Å². The molecule has 0 spiro atoms. The number of rotatable bonds is 6. The van der Waals surface area contributed by atoms with E-state index in [1.165, 1.54) is 16.2 Å². The third-order valence-electron chi connectivity index (χ3n) is 4.38. The van der Waals surface area contributed by atoms with Crippen LogP contribution in [0.1, 0.15) is 26.6 Å². The van der Waals surface area contributed by atoms with E-state index in [2.05, 4.69) is 10.3 Å². The van der Waals surface area contributed by atoms with Crippen LogP contribution in [0.4, 0.5) is 10.5 Å². The number of nitrogens with zero attached hydrogens (tertiary/aromatic N) is 2. The molecule has 0 radical (unpaired) electrons. The lowest BCUT2D eigenvalue weighted by molar-refractivity contribution is -0.125.